The summed E-state index contributed by atoms with van der Waals surface area (Å²) in [5.41, 5.74) is -0.271. The lowest BCUT2D eigenvalue weighted by atomic mass is 10.00. The van der Waals surface area contributed by atoms with E-state index in [1.807, 2.05) is 25.7 Å². The highest BCUT2D eigenvalue weighted by molar-refractivity contribution is 5.97. The first-order valence-corrected chi connectivity index (χ1v) is 6.37. The maximum Gasteiger partial charge on any atom is 0.232 e. The van der Waals surface area contributed by atoms with Gasteiger partial charge in [-0.05, 0) is 39.5 Å². The van der Waals surface area contributed by atoms with E-state index in [9.17, 15) is 9.59 Å². The molecule has 0 radical (unpaired) electrons. The smallest absolute Gasteiger partial charge is 0.232 e. The van der Waals surface area contributed by atoms with E-state index in [1.165, 1.54) is 6.42 Å². The molecule has 1 aliphatic rings. The SMILES string of the molecule is CC1CCCN(C(=O)CC(=O)NC(C)(C)C)C1. The van der Waals surface area contributed by atoms with Gasteiger partial charge in [0.25, 0.3) is 0 Å². The molecule has 0 aromatic heterocycles. The highest BCUT2D eigenvalue weighted by atomic mass is 16.2. The number of hydrogen-bond acceptors (Lipinski definition) is 2. The molecule has 1 rings (SSSR count). The Balaban J connectivity index is 2.40. The molecule has 0 aliphatic carbocycles. The van der Waals surface area contributed by atoms with Gasteiger partial charge in [-0.15, -0.1) is 0 Å². The van der Waals surface area contributed by atoms with E-state index in [-0.39, 0.29) is 23.8 Å². The van der Waals surface area contributed by atoms with Crippen LogP contribution in [0.15, 0.2) is 0 Å². The van der Waals surface area contributed by atoms with Crippen LogP contribution in [0.25, 0.3) is 0 Å². The van der Waals surface area contributed by atoms with Crippen molar-refractivity contribution in [1.82, 2.24) is 10.2 Å². The minimum Gasteiger partial charge on any atom is -0.351 e. The van der Waals surface area contributed by atoms with Crippen molar-refractivity contribution < 1.29 is 9.59 Å². The third kappa shape index (κ3) is 5.20. The molecule has 1 aliphatic heterocycles. The summed E-state index contributed by atoms with van der Waals surface area (Å²) < 4.78 is 0. The van der Waals surface area contributed by atoms with Crippen LogP contribution < -0.4 is 5.32 Å². The number of amides is 2. The Kier molecular flexibility index (Phi) is 4.54. The Morgan fingerprint density at radius 1 is 1.35 bits per heavy atom. The third-order valence-corrected chi connectivity index (χ3v) is 2.84. The number of rotatable bonds is 2. The molecule has 1 heterocycles. The van der Waals surface area contributed by atoms with Gasteiger partial charge < -0.3 is 10.2 Å². The van der Waals surface area contributed by atoms with Crippen LogP contribution in [0.3, 0.4) is 0 Å². The second-order valence-electron chi connectivity index (χ2n) is 6.06. The summed E-state index contributed by atoms with van der Waals surface area (Å²) in [6.45, 7) is 9.48. The first-order chi connectivity index (χ1) is 7.78. The molecule has 1 unspecified atom stereocenters. The zero-order valence-corrected chi connectivity index (χ0v) is 11.4. The van der Waals surface area contributed by atoms with Crippen molar-refractivity contribution >= 4 is 11.8 Å². The second-order valence-corrected chi connectivity index (χ2v) is 6.06. The maximum absolute atomic E-state index is 11.9. The predicted octanol–water partition coefficient (Wildman–Crippen LogP) is 1.55. The lowest BCUT2D eigenvalue weighted by Crippen LogP contribution is -2.45. The topological polar surface area (TPSA) is 49.4 Å². The molecule has 2 amide bonds. The van der Waals surface area contributed by atoms with Crippen LogP contribution in [0.2, 0.25) is 0 Å². The van der Waals surface area contributed by atoms with Gasteiger partial charge in [-0.3, -0.25) is 9.59 Å². The van der Waals surface area contributed by atoms with Crippen molar-refractivity contribution in [3.63, 3.8) is 0 Å². The first kappa shape index (κ1) is 14.0. The first-order valence-electron chi connectivity index (χ1n) is 6.37. The Labute approximate surface area is 104 Å². The fourth-order valence-electron chi connectivity index (χ4n) is 2.13. The molecule has 0 bridgehead atoms. The van der Waals surface area contributed by atoms with Crippen molar-refractivity contribution in [2.24, 2.45) is 5.92 Å². The van der Waals surface area contributed by atoms with Gasteiger partial charge >= 0.3 is 0 Å². The summed E-state index contributed by atoms with van der Waals surface area (Å²) in [5.74, 6) is 0.331. The zero-order valence-electron chi connectivity index (χ0n) is 11.4. The maximum atomic E-state index is 11.9. The van der Waals surface area contributed by atoms with Crippen LogP contribution >= 0.6 is 0 Å². The van der Waals surface area contributed by atoms with Crippen LogP contribution in [0.5, 0.6) is 0 Å². The minimum absolute atomic E-state index is 0.0238. The molecule has 0 saturated carbocycles. The highest BCUT2D eigenvalue weighted by Crippen LogP contribution is 2.16. The van der Waals surface area contributed by atoms with Crippen LogP contribution in [0, 0.1) is 5.92 Å². The van der Waals surface area contributed by atoms with Gasteiger partial charge in [0, 0.05) is 18.6 Å². The average Bonchev–Trinajstić information content (AvgIpc) is 2.14. The van der Waals surface area contributed by atoms with Crippen LogP contribution in [0.1, 0.15) is 47.0 Å². The Hall–Kier alpha value is -1.06. The number of carbonyl (C=O) groups excluding carboxylic acids is 2. The summed E-state index contributed by atoms with van der Waals surface area (Å²) in [5, 5.41) is 2.81. The van der Waals surface area contributed by atoms with Gasteiger partial charge in [-0.25, -0.2) is 0 Å². The molecule has 1 saturated heterocycles. The highest BCUT2D eigenvalue weighted by Gasteiger charge is 2.23. The fourth-order valence-corrected chi connectivity index (χ4v) is 2.13. The normalized spacial score (nSPS) is 21.2. The fraction of sp³-hybridized carbons (Fsp3) is 0.846. The van der Waals surface area contributed by atoms with E-state index in [4.69, 9.17) is 0 Å². The Morgan fingerprint density at radius 3 is 2.53 bits per heavy atom. The predicted molar refractivity (Wildman–Crippen MR) is 67.5 cm³/mol. The van der Waals surface area contributed by atoms with E-state index >= 15 is 0 Å². The number of likely N-dealkylation sites (tertiary alicyclic amines) is 1. The third-order valence-electron chi connectivity index (χ3n) is 2.84. The lowest BCUT2D eigenvalue weighted by molar-refractivity contribution is -0.137. The monoisotopic (exact) mass is 240 g/mol. The number of nitrogens with zero attached hydrogens (tertiary/aromatic N) is 1. The standard InChI is InChI=1S/C13H24N2O2/c1-10-6-5-7-15(9-10)12(17)8-11(16)14-13(2,3)4/h10H,5-9H2,1-4H3,(H,14,16). The largest absolute Gasteiger partial charge is 0.351 e. The number of hydrogen-bond donors (Lipinski definition) is 1. The van der Waals surface area contributed by atoms with E-state index < -0.39 is 0 Å². The molecule has 17 heavy (non-hydrogen) atoms. The summed E-state index contributed by atoms with van der Waals surface area (Å²) in [6.07, 6.45) is 2.20. The molecule has 0 spiro atoms. The number of nitrogens with one attached hydrogen (secondary N) is 1. The molecule has 0 aromatic carbocycles. The van der Waals surface area contributed by atoms with Gasteiger partial charge in [0.15, 0.2) is 0 Å². The number of piperidine rings is 1. The molecule has 1 atom stereocenters. The molecule has 1 fully saturated rings. The van der Waals surface area contributed by atoms with E-state index in [0.29, 0.717) is 5.92 Å². The van der Waals surface area contributed by atoms with Crippen molar-refractivity contribution in [1.29, 1.82) is 0 Å². The van der Waals surface area contributed by atoms with E-state index in [2.05, 4.69) is 12.2 Å². The molecular formula is C13H24N2O2. The van der Waals surface area contributed by atoms with E-state index in [0.717, 1.165) is 19.5 Å². The zero-order chi connectivity index (χ0) is 13.1. The molecular weight excluding hydrogens is 216 g/mol. The van der Waals surface area contributed by atoms with Gasteiger partial charge in [-0.1, -0.05) is 6.92 Å². The average molecular weight is 240 g/mol. The van der Waals surface area contributed by atoms with Crippen LogP contribution in [-0.2, 0) is 9.59 Å². The van der Waals surface area contributed by atoms with Crippen molar-refractivity contribution in [2.45, 2.75) is 52.5 Å². The second kappa shape index (κ2) is 5.52. The quantitative estimate of drug-likeness (QED) is 0.744. The molecule has 4 nitrogen and oxygen atoms in total. The summed E-state index contributed by atoms with van der Waals surface area (Å²) in [4.78, 5) is 25.4. The Bertz CT molecular complexity index is 294. The minimum atomic E-state index is -0.271. The number of carbonyl (C=O) groups is 2. The van der Waals surface area contributed by atoms with Crippen LogP contribution in [-0.4, -0.2) is 35.3 Å². The molecule has 4 heteroatoms. The van der Waals surface area contributed by atoms with Crippen molar-refractivity contribution in [2.75, 3.05) is 13.1 Å². The molecule has 0 aromatic rings. The van der Waals surface area contributed by atoms with Gasteiger partial charge in [0.1, 0.15) is 6.42 Å². The van der Waals surface area contributed by atoms with Gasteiger partial charge in [-0.2, -0.15) is 0 Å². The van der Waals surface area contributed by atoms with Gasteiger partial charge in [0.05, 0.1) is 0 Å². The Morgan fingerprint density at radius 2 is 2.00 bits per heavy atom. The lowest BCUT2D eigenvalue weighted by Gasteiger charge is -2.31. The van der Waals surface area contributed by atoms with E-state index in [1.54, 1.807) is 0 Å². The summed E-state index contributed by atoms with van der Waals surface area (Å²) in [7, 11) is 0. The van der Waals surface area contributed by atoms with Crippen LogP contribution in [0.4, 0.5) is 0 Å². The molecule has 1 N–H and O–H groups in total. The van der Waals surface area contributed by atoms with Crippen molar-refractivity contribution in [3.05, 3.63) is 0 Å². The van der Waals surface area contributed by atoms with Crippen molar-refractivity contribution in [3.8, 4) is 0 Å². The molecule has 98 valence electrons. The summed E-state index contributed by atoms with van der Waals surface area (Å²) >= 11 is 0. The van der Waals surface area contributed by atoms with Gasteiger partial charge in [0.2, 0.25) is 11.8 Å². The summed E-state index contributed by atoms with van der Waals surface area (Å²) in [6, 6.07) is 0.